The number of aliphatic hydroxyl groups excluding tert-OH is 1. The number of ether oxygens (including phenoxy) is 1. The molecule has 1 saturated carbocycles. The van der Waals surface area contributed by atoms with Gasteiger partial charge in [-0.05, 0) is 45.2 Å². The van der Waals surface area contributed by atoms with Crippen molar-refractivity contribution in [2.45, 2.75) is 51.3 Å². The van der Waals surface area contributed by atoms with Crippen LogP contribution in [0.4, 0.5) is 10.3 Å². The number of aromatic nitrogens is 4. The van der Waals surface area contributed by atoms with Gasteiger partial charge >= 0.3 is 0 Å². The first-order valence-electron chi connectivity index (χ1n) is 10.6. The third-order valence-electron chi connectivity index (χ3n) is 6.43. The Balaban J connectivity index is 1.44. The van der Waals surface area contributed by atoms with Gasteiger partial charge in [-0.2, -0.15) is 0 Å². The smallest absolute Gasteiger partial charge is 0.223 e. The summed E-state index contributed by atoms with van der Waals surface area (Å²) in [4.78, 5) is 13.0. The van der Waals surface area contributed by atoms with E-state index in [0.29, 0.717) is 39.7 Å². The zero-order valence-electron chi connectivity index (χ0n) is 17.5. The second kappa shape index (κ2) is 7.69. The van der Waals surface area contributed by atoms with Crippen molar-refractivity contribution in [1.29, 1.82) is 0 Å². The Labute approximate surface area is 184 Å². The molecule has 1 saturated heterocycles. The number of nitrogens with zero attached hydrogens (tertiary/aromatic N) is 4. The zero-order valence-corrected chi connectivity index (χ0v) is 18.2. The molecule has 2 fully saturated rings. The fourth-order valence-corrected chi connectivity index (χ4v) is 4.81. The average molecular weight is 446 g/mol. The molecule has 2 atom stereocenters. The molecule has 31 heavy (non-hydrogen) atoms. The lowest BCUT2D eigenvalue weighted by Crippen LogP contribution is -2.52. The molecule has 0 bridgehead atoms. The van der Waals surface area contributed by atoms with Crippen LogP contribution in [0, 0.1) is 11.2 Å². The van der Waals surface area contributed by atoms with E-state index in [-0.39, 0.29) is 17.5 Å². The normalized spacial score (nSPS) is 22.8. The van der Waals surface area contributed by atoms with Crippen LogP contribution in [0.2, 0.25) is 5.02 Å². The molecular weight excluding hydrogens is 421 g/mol. The van der Waals surface area contributed by atoms with Crippen molar-refractivity contribution < 1.29 is 14.2 Å². The second-order valence-corrected chi connectivity index (χ2v) is 9.42. The standard InChI is InChI=1S/C22H25ClFN5O2/c1-12(2)29-11-26-20-15(24)5-13(6-17(20)29)19-14(23)8-25-21(28-19)27-16-3-4-22(7-18(16)30)9-31-10-22/h5-6,8,11-12,16,18,30H,3-4,7,9-10H2,1-2H3,(H,25,27,28)/t16?,18-/m0/s1. The lowest BCUT2D eigenvalue weighted by Gasteiger charge is -2.48. The molecule has 5 rings (SSSR count). The molecule has 3 heterocycles. The van der Waals surface area contributed by atoms with Crippen molar-refractivity contribution in [2.75, 3.05) is 18.5 Å². The van der Waals surface area contributed by atoms with Crippen molar-refractivity contribution >= 4 is 28.6 Å². The van der Waals surface area contributed by atoms with E-state index in [0.717, 1.165) is 26.1 Å². The molecule has 1 unspecified atom stereocenters. The zero-order chi connectivity index (χ0) is 21.8. The Morgan fingerprint density at radius 3 is 2.81 bits per heavy atom. The van der Waals surface area contributed by atoms with Crippen LogP contribution in [0.3, 0.4) is 0 Å². The van der Waals surface area contributed by atoms with E-state index in [9.17, 15) is 9.50 Å². The van der Waals surface area contributed by atoms with Gasteiger partial charge < -0.3 is 19.7 Å². The van der Waals surface area contributed by atoms with Gasteiger partial charge in [0.2, 0.25) is 5.95 Å². The first-order chi connectivity index (χ1) is 14.8. The van der Waals surface area contributed by atoms with E-state index >= 15 is 0 Å². The molecule has 1 aliphatic carbocycles. The number of fused-ring (bicyclic) bond motifs is 1. The lowest BCUT2D eigenvalue weighted by atomic mass is 9.70. The number of rotatable bonds is 4. The number of imidazole rings is 1. The molecule has 1 spiro atoms. The maximum atomic E-state index is 14.8. The van der Waals surface area contributed by atoms with Crippen LogP contribution in [0.15, 0.2) is 24.7 Å². The maximum absolute atomic E-state index is 14.8. The first kappa shape index (κ1) is 20.6. The Hall–Kier alpha value is -2.29. The topological polar surface area (TPSA) is 85.1 Å². The van der Waals surface area contributed by atoms with Crippen LogP contribution >= 0.6 is 11.6 Å². The molecule has 164 valence electrons. The third kappa shape index (κ3) is 3.66. The minimum Gasteiger partial charge on any atom is -0.391 e. The molecule has 0 amide bonds. The number of aliphatic hydroxyl groups is 1. The summed E-state index contributed by atoms with van der Waals surface area (Å²) in [6.07, 6.45) is 5.13. The highest BCUT2D eigenvalue weighted by Crippen LogP contribution is 2.43. The number of benzene rings is 1. The number of hydrogen-bond acceptors (Lipinski definition) is 6. The summed E-state index contributed by atoms with van der Waals surface area (Å²) in [5, 5.41) is 14.2. The van der Waals surface area contributed by atoms with E-state index in [2.05, 4.69) is 20.3 Å². The minimum absolute atomic E-state index is 0.121. The number of nitrogens with one attached hydrogen (secondary N) is 1. The Morgan fingerprint density at radius 1 is 1.32 bits per heavy atom. The van der Waals surface area contributed by atoms with E-state index in [1.807, 2.05) is 24.5 Å². The van der Waals surface area contributed by atoms with Crippen LogP contribution in [-0.2, 0) is 4.74 Å². The number of anilines is 1. The van der Waals surface area contributed by atoms with Gasteiger partial charge in [-0.3, -0.25) is 0 Å². The van der Waals surface area contributed by atoms with Gasteiger partial charge in [-0.1, -0.05) is 11.6 Å². The van der Waals surface area contributed by atoms with Gasteiger partial charge in [-0.15, -0.1) is 0 Å². The molecule has 2 aromatic heterocycles. The van der Waals surface area contributed by atoms with Crippen LogP contribution < -0.4 is 5.32 Å². The summed E-state index contributed by atoms with van der Waals surface area (Å²) in [7, 11) is 0. The van der Waals surface area contributed by atoms with Gasteiger partial charge in [-0.25, -0.2) is 19.3 Å². The molecule has 3 aromatic rings. The summed E-state index contributed by atoms with van der Waals surface area (Å²) < 4.78 is 22.0. The van der Waals surface area contributed by atoms with Crippen LogP contribution in [0.25, 0.3) is 22.3 Å². The quantitative estimate of drug-likeness (QED) is 0.625. The van der Waals surface area contributed by atoms with E-state index in [4.69, 9.17) is 16.3 Å². The highest BCUT2D eigenvalue weighted by atomic mass is 35.5. The van der Waals surface area contributed by atoms with Crippen LogP contribution in [0.5, 0.6) is 0 Å². The summed E-state index contributed by atoms with van der Waals surface area (Å²) in [5.74, 6) is -0.0612. The van der Waals surface area contributed by atoms with E-state index in [1.54, 1.807) is 6.33 Å². The fourth-order valence-electron chi connectivity index (χ4n) is 4.61. The molecule has 7 nitrogen and oxygen atoms in total. The second-order valence-electron chi connectivity index (χ2n) is 9.02. The lowest BCUT2D eigenvalue weighted by molar-refractivity contribution is -0.151. The van der Waals surface area contributed by atoms with Gasteiger partial charge in [0.25, 0.3) is 0 Å². The largest absolute Gasteiger partial charge is 0.391 e. The van der Waals surface area contributed by atoms with Crippen LogP contribution in [-0.4, -0.2) is 50.0 Å². The summed E-state index contributed by atoms with van der Waals surface area (Å²) in [6, 6.07) is 3.23. The van der Waals surface area contributed by atoms with Gasteiger partial charge in [0.05, 0.1) is 54.1 Å². The van der Waals surface area contributed by atoms with E-state index in [1.165, 1.54) is 12.3 Å². The van der Waals surface area contributed by atoms with Gasteiger partial charge in [0, 0.05) is 17.0 Å². The SMILES string of the molecule is CC(C)n1cnc2c(F)cc(-c3nc(NC4CCC5(COC5)C[C@@H]4O)ncc3Cl)cc21. The predicted octanol–water partition coefficient (Wildman–Crippen LogP) is 4.21. The molecule has 0 radical (unpaired) electrons. The Bertz CT molecular complexity index is 1130. The van der Waals surface area contributed by atoms with Crippen molar-refractivity contribution in [2.24, 2.45) is 5.41 Å². The average Bonchev–Trinajstić information content (AvgIpc) is 3.14. The maximum Gasteiger partial charge on any atom is 0.223 e. The Kier molecular flexibility index (Phi) is 5.11. The molecular formula is C22H25ClFN5O2. The van der Waals surface area contributed by atoms with Gasteiger partial charge in [0.15, 0.2) is 5.82 Å². The molecule has 2 N–H and O–H groups in total. The number of hydrogen-bond donors (Lipinski definition) is 2. The third-order valence-corrected chi connectivity index (χ3v) is 6.71. The predicted molar refractivity (Wildman–Crippen MR) is 117 cm³/mol. The van der Waals surface area contributed by atoms with Crippen molar-refractivity contribution in [3.63, 3.8) is 0 Å². The summed E-state index contributed by atoms with van der Waals surface area (Å²) in [5.41, 5.74) is 2.11. The van der Waals surface area contributed by atoms with Crippen molar-refractivity contribution in [3.05, 3.63) is 35.5 Å². The Morgan fingerprint density at radius 2 is 2.13 bits per heavy atom. The highest BCUT2D eigenvalue weighted by Gasteiger charge is 2.45. The van der Waals surface area contributed by atoms with Gasteiger partial charge in [0.1, 0.15) is 5.52 Å². The summed E-state index contributed by atoms with van der Waals surface area (Å²) >= 11 is 6.38. The van der Waals surface area contributed by atoms with Crippen molar-refractivity contribution in [3.8, 4) is 11.3 Å². The fraction of sp³-hybridized carbons (Fsp3) is 0.500. The summed E-state index contributed by atoms with van der Waals surface area (Å²) in [6.45, 7) is 5.47. The number of halogens is 2. The molecule has 2 aliphatic rings. The molecule has 9 heteroatoms. The van der Waals surface area contributed by atoms with Crippen LogP contribution in [0.1, 0.15) is 39.2 Å². The van der Waals surface area contributed by atoms with Crippen molar-refractivity contribution in [1.82, 2.24) is 19.5 Å². The molecule has 1 aliphatic heterocycles. The molecule has 1 aromatic carbocycles. The van der Waals surface area contributed by atoms with E-state index < -0.39 is 11.9 Å². The minimum atomic E-state index is -0.505. The first-order valence-corrected chi connectivity index (χ1v) is 10.9. The highest BCUT2D eigenvalue weighted by molar-refractivity contribution is 6.33. The monoisotopic (exact) mass is 445 g/mol.